The number of pyridine rings is 1. The predicted octanol–water partition coefficient (Wildman–Crippen LogP) is 5.02. The third kappa shape index (κ3) is 5.72. The van der Waals surface area contributed by atoms with Crippen LogP contribution in [0.3, 0.4) is 0 Å². The number of fused-ring (bicyclic) bond motifs is 1. The largest absolute Gasteiger partial charge is 0.433 e. The van der Waals surface area contributed by atoms with Gasteiger partial charge in [0.2, 0.25) is 0 Å². The lowest BCUT2D eigenvalue weighted by molar-refractivity contribution is -0.0497. The molecule has 30 heavy (non-hydrogen) atoms. The first-order valence-electron chi connectivity index (χ1n) is 9.62. The number of ether oxygens (including phenoxy) is 1. The van der Waals surface area contributed by atoms with E-state index in [0.29, 0.717) is 42.1 Å². The molecule has 0 radical (unpaired) electrons. The van der Waals surface area contributed by atoms with Crippen molar-refractivity contribution < 1.29 is 28.5 Å². The monoisotopic (exact) mass is 449 g/mol. The molecule has 3 rings (SSSR count). The Morgan fingerprint density at radius 2 is 1.83 bits per heavy atom. The molecule has 0 spiro atoms. The molecule has 1 heterocycles. The van der Waals surface area contributed by atoms with Crippen molar-refractivity contribution >= 4 is 28.4 Å². The van der Waals surface area contributed by atoms with Gasteiger partial charge in [-0.15, -0.1) is 0 Å². The number of carbonyl (C=O) groups excluding carboxylic acids is 1. The molecule has 10 heteroatoms. The van der Waals surface area contributed by atoms with Crippen molar-refractivity contribution in [3.63, 3.8) is 0 Å². The molecular weight excluding hydrogens is 426 g/mol. The number of nitrogens with one attached hydrogen (secondary N) is 2. The zero-order chi connectivity index (χ0) is 21.8. The van der Waals surface area contributed by atoms with Crippen molar-refractivity contribution in [3.8, 4) is 5.75 Å². The molecule has 1 aliphatic carbocycles. The van der Waals surface area contributed by atoms with Crippen LogP contribution < -0.4 is 15.4 Å². The van der Waals surface area contributed by atoms with Crippen LogP contribution in [0.2, 0.25) is 5.02 Å². The lowest BCUT2D eigenvalue weighted by Gasteiger charge is -2.31. The molecule has 1 atom stereocenters. The Hall–Kier alpha value is -2.13. The molecule has 2 N–H and O–H groups in total. The number of amides is 1. The molecule has 1 aromatic carbocycles. The number of carbonyl (C=O) groups is 1. The Morgan fingerprint density at radius 3 is 2.47 bits per heavy atom. The molecule has 0 bridgehead atoms. The summed E-state index contributed by atoms with van der Waals surface area (Å²) in [5, 5.41) is 6.37. The summed E-state index contributed by atoms with van der Waals surface area (Å²) in [5.74, 6) is -0.499. The first-order valence-corrected chi connectivity index (χ1v) is 10.00. The van der Waals surface area contributed by atoms with Gasteiger partial charge < -0.3 is 15.4 Å². The topological polar surface area (TPSA) is 63.2 Å². The predicted molar refractivity (Wildman–Crippen MR) is 108 cm³/mol. The van der Waals surface area contributed by atoms with Gasteiger partial charge >= 0.3 is 6.61 Å². The third-order valence-corrected chi connectivity index (χ3v) is 5.45. The number of hydrogen-bond donors (Lipinski definition) is 2. The van der Waals surface area contributed by atoms with Gasteiger partial charge in [0, 0.05) is 31.2 Å². The summed E-state index contributed by atoms with van der Waals surface area (Å²) in [7, 11) is 0. The van der Waals surface area contributed by atoms with Gasteiger partial charge in [-0.05, 0) is 44.7 Å². The number of nitrogens with zero attached hydrogens (tertiary/aromatic N) is 1. The molecule has 5 nitrogen and oxygen atoms in total. The molecule has 2 aromatic rings. The van der Waals surface area contributed by atoms with Crippen LogP contribution in [-0.4, -0.2) is 42.1 Å². The van der Waals surface area contributed by atoms with E-state index < -0.39 is 19.1 Å². The average Bonchev–Trinajstić information content (AvgIpc) is 2.69. The lowest BCUT2D eigenvalue weighted by atomic mass is 9.90. The standard InChI is InChI=1S/C20H22ClF4N3O2.H2/c1-10(18(22)23)27-13-2-4-14(5-3-13)28-19(29)12-6-11-7-15(21)17(30-20(24)25)8-16(11)26-9-12;/h6-10,13-14,18,20,27H,2-5H2,1H3,(H,28,29);1H. The Bertz CT molecular complexity index is 898. The highest BCUT2D eigenvalue weighted by molar-refractivity contribution is 6.32. The second-order valence-electron chi connectivity index (χ2n) is 7.39. The molecular formula is C20H24ClF4N3O2. The van der Waals surface area contributed by atoms with E-state index in [-0.39, 0.29) is 30.2 Å². The molecule has 0 aliphatic heterocycles. The summed E-state index contributed by atoms with van der Waals surface area (Å²) in [6.45, 7) is -1.55. The second kappa shape index (κ2) is 9.78. The molecule has 1 fully saturated rings. The number of alkyl halides is 4. The molecule has 1 aliphatic rings. The summed E-state index contributed by atoms with van der Waals surface area (Å²) in [5.41, 5.74) is 0.680. The average molecular weight is 450 g/mol. The summed E-state index contributed by atoms with van der Waals surface area (Å²) in [4.78, 5) is 16.7. The Labute approximate surface area is 177 Å². The minimum Gasteiger partial charge on any atom is -0.433 e. The van der Waals surface area contributed by atoms with Crippen LogP contribution in [0, 0.1) is 0 Å². The highest BCUT2D eigenvalue weighted by atomic mass is 35.5. The van der Waals surface area contributed by atoms with E-state index in [9.17, 15) is 22.4 Å². The number of aromatic nitrogens is 1. The van der Waals surface area contributed by atoms with E-state index in [4.69, 9.17) is 11.6 Å². The molecule has 1 unspecified atom stereocenters. The van der Waals surface area contributed by atoms with Gasteiger partial charge in [-0.2, -0.15) is 8.78 Å². The molecule has 0 saturated heterocycles. The van der Waals surface area contributed by atoms with Crippen molar-refractivity contribution in [2.75, 3.05) is 0 Å². The molecule has 1 amide bonds. The second-order valence-corrected chi connectivity index (χ2v) is 7.80. The summed E-state index contributed by atoms with van der Waals surface area (Å²) in [6.07, 6.45) is 1.70. The van der Waals surface area contributed by atoms with Crippen LogP contribution in [0.1, 0.15) is 44.4 Å². The van der Waals surface area contributed by atoms with Crippen molar-refractivity contribution in [1.29, 1.82) is 0 Å². The number of hydrogen-bond acceptors (Lipinski definition) is 4. The fourth-order valence-corrected chi connectivity index (χ4v) is 3.77. The highest BCUT2D eigenvalue weighted by Gasteiger charge is 2.26. The third-order valence-electron chi connectivity index (χ3n) is 5.15. The van der Waals surface area contributed by atoms with Gasteiger partial charge in [0.05, 0.1) is 22.1 Å². The zero-order valence-electron chi connectivity index (χ0n) is 16.2. The Morgan fingerprint density at radius 1 is 1.17 bits per heavy atom. The van der Waals surface area contributed by atoms with Gasteiger partial charge in [-0.3, -0.25) is 9.78 Å². The van der Waals surface area contributed by atoms with Crippen molar-refractivity contribution in [2.24, 2.45) is 0 Å². The van der Waals surface area contributed by atoms with E-state index in [1.165, 1.54) is 25.3 Å². The van der Waals surface area contributed by atoms with Crippen LogP contribution in [-0.2, 0) is 0 Å². The van der Waals surface area contributed by atoms with Gasteiger partial charge in [0.25, 0.3) is 12.3 Å². The maximum atomic E-state index is 12.7. The van der Waals surface area contributed by atoms with Crippen molar-refractivity contribution in [1.82, 2.24) is 15.6 Å². The molecule has 166 valence electrons. The zero-order valence-corrected chi connectivity index (χ0v) is 16.9. The first kappa shape index (κ1) is 22.6. The highest BCUT2D eigenvalue weighted by Crippen LogP contribution is 2.31. The SMILES string of the molecule is CC(NC1CCC(NC(=O)c2cnc3cc(OC(F)F)c(Cl)cc3c2)CC1)C(F)F.[HH]. The summed E-state index contributed by atoms with van der Waals surface area (Å²) >= 11 is 5.96. The van der Waals surface area contributed by atoms with Crippen LogP contribution in [0.15, 0.2) is 24.4 Å². The van der Waals surface area contributed by atoms with Crippen LogP contribution in [0.4, 0.5) is 17.6 Å². The summed E-state index contributed by atoms with van der Waals surface area (Å²) < 4.78 is 54.5. The van der Waals surface area contributed by atoms with E-state index in [1.807, 2.05) is 0 Å². The fourth-order valence-electron chi connectivity index (χ4n) is 3.56. The normalized spacial score (nSPS) is 20.5. The van der Waals surface area contributed by atoms with Gasteiger partial charge in [0.1, 0.15) is 5.75 Å². The minimum absolute atomic E-state index is 0. The summed E-state index contributed by atoms with van der Waals surface area (Å²) in [6, 6.07) is 3.38. The Kier molecular flexibility index (Phi) is 7.36. The minimum atomic E-state index is -3.01. The van der Waals surface area contributed by atoms with Gasteiger partial charge in [0.15, 0.2) is 0 Å². The molecule has 1 aromatic heterocycles. The van der Waals surface area contributed by atoms with E-state index in [2.05, 4.69) is 20.4 Å². The number of rotatable bonds is 7. The van der Waals surface area contributed by atoms with E-state index >= 15 is 0 Å². The first-order chi connectivity index (χ1) is 14.2. The molecule has 1 saturated carbocycles. The quantitative estimate of drug-likeness (QED) is 0.583. The van der Waals surface area contributed by atoms with Crippen LogP contribution >= 0.6 is 11.6 Å². The Balaban J connectivity index is 0.00000341. The van der Waals surface area contributed by atoms with E-state index in [1.54, 1.807) is 6.07 Å². The van der Waals surface area contributed by atoms with Crippen molar-refractivity contribution in [3.05, 3.63) is 35.0 Å². The van der Waals surface area contributed by atoms with Crippen LogP contribution in [0.5, 0.6) is 5.75 Å². The number of benzene rings is 1. The lowest BCUT2D eigenvalue weighted by Crippen LogP contribution is -2.46. The van der Waals surface area contributed by atoms with Crippen molar-refractivity contribution in [2.45, 2.75) is 63.8 Å². The number of halogens is 5. The maximum Gasteiger partial charge on any atom is 0.387 e. The van der Waals surface area contributed by atoms with Gasteiger partial charge in [-0.1, -0.05) is 11.6 Å². The maximum absolute atomic E-state index is 12.7. The van der Waals surface area contributed by atoms with E-state index in [0.717, 1.165) is 0 Å². The smallest absolute Gasteiger partial charge is 0.387 e. The van der Waals surface area contributed by atoms with Crippen LogP contribution in [0.25, 0.3) is 10.9 Å². The fraction of sp³-hybridized carbons (Fsp3) is 0.500. The van der Waals surface area contributed by atoms with Gasteiger partial charge in [-0.25, -0.2) is 8.78 Å².